The van der Waals surface area contributed by atoms with E-state index in [-0.39, 0.29) is 36.4 Å². The Hall–Kier alpha value is -3.61. The van der Waals surface area contributed by atoms with Crippen molar-refractivity contribution < 1.29 is 33.8 Å². The summed E-state index contributed by atoms with van der Waals surface area (Å²) in [6.07, 6.45) is 5.92. The van der Waals surface area contributed by atoms with Crippen molar-refractivity contribution in [3.8, 4) is 0 Å². The minimum atomic E-state index is -0.791. The quantitative estimate of drug-likeness (QED) is 0.366. The number of piperidine rings is 1. The molecule has 33 heavy (non-hydrogen) atoms. The van der Waals surface area contributed by atoms with E-state index in [2.05, 4.69) is 20.6 Å². The average molecular weight is 482 g/mol. The van der Waals surface area contributed by atoms with Crippen molar-refractivity contribution in [2.45, 2.75) is 37.3 Å². The number of amides is 2. The molecule has 11 nitrogen and oxygen atoms in total. The van der Waals surface area contributed by atoms with E-state index in [1.807, 2.05) is 5.38 Å². The van der Waals surface area contributed by atoms with Crippen LogP contribution >= 0.6 is 11.3 Å². The zero-order valence-corrected chi connectivity index (χ0v) is 18.3. The summed E-state index contributed by atoms with van der Waals surface area (Å²) in [5.41, 5.74) is -0.522. The lowest BCUT2D eigenvalue weighted by molar-refractivity contribution is -0.127. The molecule has 3 heterocycles. The Kier molecular flexibility index (Phi) is 9.66. The van der Waals surface area contributed by atoms with E-state index in [4.69, 9.17) is 19.8 Å². The van der Waals surface area contributed by atoms with Crippen molar-refractivity contribution in [1.29, 1.82) is 0 Å². The Balaban J connectivity index is 0.000000582. The number of hydrogen-bond acceptors (Lipinski definition) is 8. The maximum absolute atomic E-state index is 13.3. The van der Waals surface area contributed by atoms with E-state index in [9.17, 15) is 14.0 Å². The van der Waals surface area contributed by atoms with Gasteiger partial charge in [-0.1, -0.05) is 0 Å². The first-order valence-electron chi connectivity index (χ1n) is 9.94. The van der Waals surface area contributed by atoms with Gasteiger partial charge in [0.05, 0.1) is 0 Å². The number of carbonyl (C=O) groups is 4. The lowest BCUT2D eigenvalue weighted by Crippen LogP contribution is -2.59. The molecule has 1 aliphatic carbocycles. The standard InChI is InChI=1S/C18H20FN5O2S.2CH2O2/c19-14-11-12(3-6-20-14)15(25)24-8-4-18(5-9-24,16(26)22-13-1-2-13)23-17-21-7-10-27-17;2*2-1-3/h3,6-7,10-11,13H,1-2,4-5,8-9H2,(H,21,23)(H,22,26);2*1H,(H,2,3). The molecule has 178 valence electrons. The summed E-state index contributed by atoms with van der Waals surface area (Å²) < 4.78 is 13.3. The molecule has 4 rings (SSSR count). The third kappa shape index (κ3) is 7.49. The minimum absolute atomic E-state index is 0.0396. The Labute approximate surface area is 192 Å². The van der Waals surface area contributed by atoms with Crippen LogP contribution in [0.4, 0.5) is 9.52 Å². The molecule has 1 saturated carbocycles. The van der Waals surface area contributed by atoms with Crippen LogP contribution in [-0.4, -0.2) is 74.5 Å². The molecule has 2 aromatic heterocycles. The molecule has 0 spiro atoms. The number of carboxylic acid groups (broad SMARTS) is 2. The van der Waals surface area contributed by atoms with Gasteiger partial charge in [0.2, 0.25) is 11.9 Å². The largest absolute Gasteiger partial charge is 0.483 e. The fraction of sp³-hybridized carbons (Fsp3) is 0.400. The highest BCUT2D eigenvalue weighted by Crippen LogP contribution is 2.31. The molecule has 0 unspecified atom stereocenters. The second-order valence-electron chi connectivity index (χ2n) is 7.16. The fourth-order valence-electron chi connectivity index (χ4n) is 3.26. The summed E-state index contributed by atoms with van der Waals surface area (Å²) in [5, 5.41) is 22.7. The van der Waals surface area contributed by atoms with Gasteiger partial charge in [-0.15, -0.1) is 11.3 Å². The number of nitrogens with zero attached hydrogens (tertiary/aromatic N) is 3. The van der Waals surface area contributed by atoms with Gasteiger partial charge < -0.3 is 25.7 Å². The molecule has 13 heteroatoms. The number of halogens is 1. The summed E-state index contributed by atoms with van der Waals surface area (Å²) in [4.78, 5) is 51.7. The predicted molar refractivity (Wildman–Crippen MR) is 116 cm³/mol. The van der Waals surface area contributed by atoms with Crippen LogP contribution in [-0.2, 0) is 14.4 Å². The van der Waals surface area contributed by atoms with Gasteiger partial charge >= 0.3 is 0 Å². The van der Waals surface area contributed by atoms with E-state index in [0.29, 0.717) is 31.1 Å². The Morgan fingerprint density at radius 2 is 1.79 bits per heavy atom. The number of carbonyl (C=O) groups excluding carboxylic acids is 2. The highest BCUT2D eigenvalue weighted by atomic mass is 32.1. The molecule has 4 N–H and O–H groups in total. The molecular weight excluding hydrogens is 457 g/mol. The monoisotopic (exact) mass is 481 g/mol. The maximum Gasteiger partial charge on any atom is 0.290 e. The molecule has 0 radical (unpaired) electrons. The van der Waals surface area contributed by atoms with Gasteiger partial charge in [0, 0.05) is 48.5 Å². The maximum atomic E-state index is 13.3. The summed E-state index contributed by atoms with van der Waals surface area (Å²) in [7, 11) is 0. The zero-order valence-electron chi connectivity index (χ0n) is 17.5. The van der Waals surface area contributed by atoms with Gasteiger partial charge in [-0.25, -0.2) is 9.97 Å². The third-order valence-electron chi connectivity index (χ3n) is 5.00. The molecule has 1 aliphatic heterocycles. The highest BCUT2D eigenvalue weighted by Gasteiger charge is 2.44. The Bertz CT molecular complexity index is 927. The van der Waals surface area contributed by atoms with E-state index in [0.717, 1.165) is 18.9 Å². The summed E-state index contributed by atoms with van der Waals surface area (Å²) in [6.45, 7) is 0.304. The van der Waals surface area contributed by atoms with Crippen molar-refractivity contribution in [2.24, 2.45) is 0 Å². The second kappa shape index (κ2) is 12.4. The molecule has 2 aliphatic rings. The molecule has 2 fully saturated rings. The van der Waals surface area contributed by atoms with Crippen LogP contribution in [0.25, 0.3) is 0 Å². The lowest BCUT2D eigenvalue weighted by Gasteiger charge is -2.41. The van der Waals surface area contributed by atoms with Crippen LogP contribution in [0, 0.1) is 5.95 Å². The molecule has 0 atom stereocenters. The first-order chi connectivity index (χ1) is 15.9. The normalized spacial score (nSPS) is 16.1. The highest BCUT2D eigenvalue weighted by molar-refractivity contribution is 7.13. The van der Waals surface area contributed by atoms with E-state index < -0.39 is 11.5 Å². The number of aromatic nitrogens is 2. The number of pyridine rings is 1. The Morgan fingerprint density at radius 3 is 2.30 bits per heavy atom. The van der Waals surface area contributed by atoms with Crippen LogP contribution in [0.1, 0.15) is 36.0 Å². The first kappa shape index (κ1) is 25.6. The van der Waals surface area contributed by atoms with E-state index in [1.165, 1.54) is 23.6 Å². The SMILES string of the molecule is O=C(c1ccnc(F)c1)N1CCC(Nc2nccs2)(C(=O)NC2CC2)CC1.O=CO.O=CO. The van der Waals surface area contributed by atoms with Gasteiger partial charge in [-0.2, -0.15) is 4.39 Å². The van der Waals surface area contributed by atoms with Crippen molar-refractivity contribution >= 4 is 41.2 Å². The van der Waals surface area contributed by atoms with Crippen molar-refractivity contribution in [3.63, 3.8) is 0 Å². The fourth-order valence-corrected chi connectivity index (χ4v) is 3.89. The lowest BCUT2D eigenvalue weighted by atomic mass is 9.86. The van der Waals surface area contributed by atoms with Gasteiger partial charge in [-0.3, -0.25) is 19.2 Å². The van der Waals surface area contributed by atoms with Crippen LogP contribution in [0.2, 0.25) is 0 Å². The van der Waals surface area contributed by atoms with Gasteiger partial charge in [0.15, 0.2) is 5.13 Å². The molecule has 0 bridgehead atoms. The van der Waals surface area contributed by atoms with E-state index in [1.54, 1.807) is 11.1 Å². The summed E-state index contributed by atoms with van der Waals surface area (Å²) >= 11 is 1.44. The number of rotatable bonds is 5. The van der Waals surface area contributed by atoms with Crippen LogP contribution in [0.15, 0.2) is 29.9 Å². The van der Waals surface area contributed by atoms with Crippen molar-refractivity contribution in [3.05, 3.63) is 41.4 Å². The summed E-state index contributed by atoms with van der Waals surface area (Å²) in [5.74, 6) is -0.967. The zero-order chi connectivity index (χ0) is 24.3. The minimum Gasteiger partial charge on any atom is -0.483 e. The van der Waals surface area contributed by atoms with Gasteiger partial charge in [0.1, 0.15) is 5.54 Å². The molecule has 1 saturated heterocycles. The topological polar surface area (TPSA) is 162 Å². The number of anilines is 1. The smallest absolute Gasteiger partial charge is 0.290 e. The van der Waals surface area contributed by atoms with Crippen LogP contribution < -0.4 is 10.6 Å². The summed E-state index contributed by atoms with van der Waals surface area (Å²) in [6, 6.07) is 2.89. The molecule has 0 aromatic carbocycles. The first-order valence-corrected chi connectivity index (χ1v) is 10.8. The average Bonchev–Trinajstić information content (AvgIpc) is 3.47. The second-order valence-corrected chi connectivity index (χ2v) is 8.06. The van der Waals surface area contributed by atoms with Crippen molar-refractivity contribution in [1.82, 2.24) is 20.2 Å². The van der Waals surface area contributed by atoms with E-state index >= 15 is 0 Å². The van der Waals surface area contributed by atoms with Crippen LogP contribution in [0.5, 0.6) is 0 Å². The predicted octanol–water partition coefficient (Wildman–Crippen LogP) is 1.44. The van der Waals surface area contributed by atoms with Gasteiger partial charge in [-0.05, 0) is 31.7 Å². The molecule has 2 amide bonds. The van der Waals surface area contributed by atoms with Crippen LogP contribution in [0.3, 0.4) is 0 Å². The third-order valence-corrected chi connectivity index (χ3v) is 5.69. The van der Waals surface area contributed by atoms with Crippen molar-refractivity contribution in [2.75, 3.05) is 18.4 Å². The molecular formula is C20H24FN5O6S. The number of likely N-dealkylation sites (tertiary alicyclic amines) is 1. The number of nitrogens with one attached hydrogen (secondary N) is 2. The number of hydrogen-bond donors (Lipinski definition) is 4. The van der Waals surface area contributed by atoms with Gasteiger partial charge in [0.25, 0.3) is 18.9 Å². The number of thiazole rings is 1. The molecule has 2 aromatic rings. The Morgan fingerprint density at radius 1 is 1.15 bits per heavy atom.